The highest BCUT2D eigenvalue weighted by atomic mass is 32.2. The number of hydrogen-bond acceptors (Lipinski definition) is 2. The molecule has 2 saturated carbocycles. The summed E-state index contributed by atoms with van der Waals surface area (Å²) in [6, 6.07) is 0.419. The van der Waals surface area contributed by atoms with Gasteiger partial charge in [0.2, 0.25) is 0 Å². The van der Waals surface area contributed by atoms with E-state index in [2.05, 4.69) is 15.6 Å². The van der Waals surface area contributed by atoms with Crippen molar-refractivity contribution in [1.82, 2.24) is 10.6 Å². The summed E-state index contributed by atoms with van der Waals surface area (Å²) in [5, 5.41) is 7.51. The molecule has 0 heterocycles. The number of guanidine groups is 1. The molecule has 0 aromatic heterocycles. The van der Waals surface area contributed by atoms with E-state index in [-0.39, 0.29) is 0 Å². The zero-order valence-electron chi connectivity index (χ0n) is 15.7. The van der Waals surface area contributed by atoms with Crippen LogP contribution in [0.15, 0.2) is 4.99 Å². The zero-order valence-corrected chi connectivity index (χ0v) is 16.5. The van der Waals surface area contributed by atoms with Crippen molar-refractivity contribution in [3.8, 4) is 0 Å². The van der Waals surface area contributed by atoms with Gasteiger partial charge < -0.3 is 10.6 Å². The van der Waals surface area contributed by atoms with Crippen molar-refractivity contribution in [2.45, 2.75) is 88.8 Å². The van der Waals surface area contributed by atoms with Gasteiger partial charge in [0.15, 0.2) is 5.96 Å². The Morgan fingerprint density at radius 3 is 2.42 bits per heavy atom. The monoisotopic (exact) mass is 355 g/mol. The Hall–Kier alpha value is -0.580. The number of nitrogens with one attached hydrogen (secondary N) is 2. The first kappa shape index (κ1) is 19.7. The van der Waals surface area contributed by atoms with Crippen LogP contribution < -0.4 is 10.6 Å². The summed E-state index contributed by atoms with van der Waals surface area (Å²) in [5.41, 5.74) is 0. The zero-order chi connectivity index (χ0) is 17.2. The normalized spacial score (nSPS) is 28.7. The molecule has 5 heteroatoms. The van der Waals surface area contributed by atoms with Gasteiger partial charge in [0.05, 0.1) is 0 Å². The summed E-state index contributed by atoms with van der Waals surface area (Å²) in [5.74, 6) is 2.51. The molecule has 2 aliphatic rings. The standard InChI is InChI=1S/C19H37N3OS/c1-3-24(23)18-13-9-12-17(14-18)22-19(20-2)21-15-16-10-7-5-4-6-8-11-16/h16-18H,3-15H2,1-2H3,(H2,20,21,22). The van der Waals surface area contributed by atoms with Gasteiger partial charge in [0.25, 0.3) is 0 Å². The molecule has 24 heavy (non-hydrogen) atoms. The fourth-order valence-electron chi connectivity index (χ4n) is 4.12. The summed E-state index contributed by atoms with van der Waals surface area (Å²) >= 11 is 0. The third-order valence-corrected chi connectivity index (χ3v) is 7.37. The first-order valence-electron chi connectivity index (χ1n) is 10.1. The molecule has 2 aliphatic carbocycles. The molecule has 2 rings (SSSR count). The molecular weight excluding hydrogens is 318 g/mol. The van der Waals surface area contributed by atoms with Gasteiger partial charge >= 0.3 is 0 Å². The Labute approximate surface area is 151 Å². The second-order valence-corrected chi connectivity index (χ2v) is 9.47. The van der Waals surface area contributed by atoms with Gasteiger partial charge in [0, 0.05) is 41.4 Å². The average molecular weight is 356 g/mol. The molecule has 0 aromatic carbocycles. The molecule has 4 nitrogen and oxygen atoms in total. The Morgan fingerprint density at radius 1 is 1.04 bits per heavy atom. The summed E-state index contributed by atoms with van der Waals surface area (Å²) < 4.78 is 12.1. The summed E-state index contributed by atoms with van der Waals surface area (Å²) in [7, 11) is 1.20. The van der Waals surface area contributed by atoms with Crippen LogP contribution in [0.3, 0.4) is 0 Å². The molecule has 3 unspecified atom stereocenters. The third-order valence-electron chi connectivity index (χ3n) is 5.63. The molecule has 3 atom stereocenters. The maximum Gasteiger partial charge on any atom is 0.191 e. The Morgan fingerprint density at radius 2 is 1.75 bits per heavy atom. The largest absolute Gasteiger partial charge is 0.356 e. The third kappa shape index (κ3) is 6.73. The second-order valence-electron chi connectivity index (χ2n) is 7.46. The lowest BCUT2D eigenvalue weighted by molar-refractivity contribution is 0.371. The average Bonchev–Trinajstić information content (AvgIpc) is 2.59. The van der Waals surface area contributed by atoms with Gasteiger partial charge in [0.1, 0.15) is 0 Å². The number of hydrogen-bond donors (Lipinski definition) is 2. The maximum atomic E-state index is 12.1. The lowest BCUT2D eigenvalue weighted by Crippen LogP contribution is -2.47. The number of aliphatic imine (C=N–C) groups is 1. The Balaban J connectivity index is 1.75. The van der Waals surface area contributed by atoms with Crippen LogP contribution in [-0.4, -0.2) is 40.8 Å². The van der Waals surface area contributed by atoms with E-state index >= 15 is 0 Å². The highest BCUT2D eigenvalue weighted by molar-refractivity contribution is 7.85. The van der Waals surface area contributed by atoms with Crippen LogP contribution in [0, 0.1) is 5.92 Å². The fraction of sp³-hybridized carbons (Fsp3) is 0.947. The van der Waals surface area contributed by atoms with Crippen LogP contribution in [0.1, 0.15) is 77.6 Å². The van der Waals surface area contributed by atoms with Crippen molar-refractivity contribution in [2.75, 3.05) is 19.3 Å². The van der Waals surface area contributed by atoms with Crippen molar-refractivity contribution in [3.63, 3.8) is 0 Å². The van der Waals surface area contributed by atoms with E-state index in [1.165, 1.54) is 57.8 Å². The highest BCUT2D eigenvalue weighted by Crippen LogP contribution is 2.23. The molecule has 0 saturated heterocycles. The van der Waals surface area contributed by atoms with Crippen molar-refractivity contribution in [3.05, 3.63) is 0 Å². The van der Waals surface area contributed by atoms with E-state index in [1.54, 1.807) is 0 Å². The van der Waals surface area contributed by atoms with E-state index in [4.69, 9.17) is 0 Å². The summed E-state index contributed by atoms with van der Waals surface area (Å²) in [6.07, 6.45) is 14.2. The van der Waals surface area contributed by atoms with Gasteiger partial charge in [-0.25, -0.2) is 0 Å². The minimum atomic E-state index is -0.662. The lowest BCUT2D eigenvalue weighted by atomic mass is 9.91. The van der Waals surface area contributed by atoms with E-state index in [1.807, 2.05) is 14.0 Å². The van der Waals surface area contributed by atoms with Crippen LogP contribution >= 0.6 is 0 Å². The molecule has 0 amide bonds. The number of rotatable bonds is 5. The second kappa shape index (κ2) is 11.1. The van der Waals surface area contributed by atoms with E-state index in [0.29, 0.717) is 11.3 Å². The molecule has 140 valence electrons. The maximum absolute atomic E-state index is 12.1. The topological polar surface area (TPSA) is 53.5 Å². The number of nitrogens with zero attached hydrogens (tertiary/aromatic N) is 1. The summed E-state index contributed by atoms with van der Waals surface area (Å²) in [4.78, 5) is 4.42. The van der Waals surface area contributed by atoms with E-state index in [9.17, 15) is 4.21 Å². The first-order valence-corrected chi connectivity index (χ1v) is 11.5. The SMILES string of the molecule is CCS(=O)C1CCCC(NC(=NC)NCC2CCCCCCC2)C1. The Bertz CT molecular complexity index is 405. The molecule has 0 aromatic rings. The van der Waals surface area contributed by atoms with Crippen LogP contribution in [0.25, 0.3) is 0 Å². The van der Waals surface area contributed by atoms with Crippen LogP contribution in [0.2, 0.25) is 0 Å². The van der Waals surface area contributed by atoms with Gasteiger partial charge in [-0.15, -0.1) is 0 Å². The van der Waals surface area contributed by atoms with E-state index < -0.39 is 10.8 Å². The van der Waals surface area contributed by atoms with Gasteiger partial charge in [-0.3, -0.25) is 9.20 Å². The van der Waals surface area contributed by atoms with Gasteiger partial charge in [-0.2, -0.15) is 0 Å². The predicted molar refractivity (Wildman–Crippen MR) is 105 cm³/mol. The molecule has 0 bridgehead atoms. The minimum absolute atomic E-state index is 0.366. The molecule has 0 spiro atoms. The highest BCUT2D eigenvalue weighted by Gasteiger charge is 2.26. The van der Waals surface area contributed by atoms with Gasteiger partial charge in [-0.05, 0) is 38.0 Å². The first-order chi connectivity index (χ1) is 11.7. The van der Waals surface area contributed by atoms with Crippen molar-refractivity contribution >= 4 is 16.8 Å². The van der Waals surface area contributed by atoms with Crippen LogP contribution in [0.5, 0.6) is 0 Å². The predicted octanol–water partition coefficient (Wildman–Crippen LogP) is 3.59. The lowest BCUT2D eigenvalue weighted by Gasteiger charge is -2.30. The van der Waals surface area contributed by atoms with Crippen molar-refractivity contribution < 1.29 is 4.21 Å². The van der Waals surface area contributed by atoms with E-state index in [0.717, 1.165) is 37.0 Å². The molecule has 0 aliphatic heterocycles. The van der Waals surface area contributed by atoms with Crippen molar-refractivity contribution in [2.24, 2.45) is 10.9 Å². The molecule has 0 radical (unpaired) electrons. The quantitative estimate of drug-likeness (QED) is 0.585. The van der Waals surface area contributed by atoms with Crippen LogP contribution in [0.4, 0.5) is 0 Å². The van der Waals surface area contributed by atoms with Crippen molar-refractivity contribution in [1.29, 1.82) is 0 Å². The van der Waals surface area contributed by atoms with Gasteiger partial charge in [-0.1, -0.05) is 45.4 Å². The minimum Gasteiger partial charge on any atom is -0.356 e. The molecule has 2 N–H and O–H groups in total. The Kier molecular flexibility index (Phi) is 9.14. The summed E-state index contributed by atoms with van der Waals surface area (Å²) in [6.45, 7) is 3.07. The van der Waals surface area contributed by atoms with Crippen LogP contribution in [-0.2, 0) is 10.8 Å². The molecule has 2 fully saturated rings. The fourth-order valence-corrected chi connectivity index (χ4v) is 5.47. The smallest absolute Gasteiger partial charge is 0.191 e. The molecular formula is C19H37N3OS.